The molecule has 1 atom stereocenters. The molecule has 1 saturated heterocycles. The van der Waals surface area contributed by atoms with Crippen LogP contribution in [0.15, 0.2) is 0 Å². The lowest BCUT2D eigenvalue weighted by Gasteiger charge is -2.27. The van der Waals surface area contributed by atoms with Crippen molar-refractivity contribution in [1.29, 1.82) is 0 Å². The Hall–Kier alpha value is -0.220. The maximum atomic E-state index is 11.9. The van der Waals surface area contributed by atoms with Crippen LogP contribution in [0.1, 0.15) is 26.2 Å². The molecular weight excluding hydrogens is 210 g/mol. The Balaban J connectivity index is 1.91. The van der Waals surface area contributed by atoms with Crippen molar-refractivity contribution in [3.63, 3.8) is 0 Å². The molecule has 0 aromatic heterocycles. The van der Waals surface area contributed by atoms with Crippen LogP contribution in [-0.2, 0) is 9.53 Å². The van der Waals surface area contributed by atoms with Crippen molar-refractivity contribution < 1.29 is 9.53 Å². The standard InChI is InChI=1S/C11H19NO2S/c1-2-14-10(13)11(5-6-15-8-11)12-7-9-3-4-9/h9,12H,2-8H2,1H3. The molecule has 0 bridgehead atoms. The predicted molar refractivity (Wildman–Crippen MR) is 62.0 cm³/mol. The van der Waals surface area contributed by atoms with Gasteiger partial charge in [-0.2, -0.15) is 11.8 Å². The summed E-state index contributed by atoms with van der Waals surface area (Å²) >= 11 is 1.84. The van der Waals surface area contributed by atoms with E-state index >= 15 is 0 Å². The van der Waals surface area contributed by atoms with E-state index in [2.05, 4.69) is 5.32 Å². The van der Waals surface area contributed by atoms with Gasteiger partial charge in [0, 0.05) is 5.75 Å². The highest BCUT2D eigenvalue weighted by Crippen LogP contribution is 2.32. The monoisotopic (exact) mass is 229 g/mol. The zero-order valence-corrected chi connectivity index (χ0v) is 10.1. The lowest BCUT2D eigenvalue weighted by molar-refractivity contribution is -0.150. The second-order valence-electron chi connectivity index (χ2n) is 4.43. The molecule has 2 fully saturated rings. The molecule has 0 radical (unpaired) electrons. The van der Waals surface area contributed by atoms with Crippen molar-refractivity contribution in [2.75, 3.05) is 24.7 Å². The normalized spacial score (nSPS) is 30.5. The molecule has 0 amide bonds. The molecule has 15 heavy (non-hydrogen) atoms. The number of esters is 1. The molecule has 1 aliphatic carbocycles. The molecule has 2 rings (SSSR count). The van der Waals surface area contributed by atoms with Gasteiger partial charge in [-0.1, -0.05) is 0 Å². The van der Waals surface area contributed by atoms with E-state index in [1.807, 2.05) is 18.7 Å². The van der Waals surface area contributed by atoms with Crippen LogP contribution >= 0.6 is 11.8 Å². The maximum Gasteiger partial charge on any atom is 0.327 e. The van der Waals surface area contributed by atoms with Crippen molar-refractivity contribution in [3.05, 3.63) is 0 Å². The lowest BCUT2D eigenvalue weighted by Crippen LogP contribution is -2.53. The minimum Gasteiger partial charge on any atom is -0.465 e. The van der Waals surface area contributed by atoms with Gasteiger partial charge in [0.25, 0.3) is 0 Å². The molecular formula is C11H19NO2S. The summed E-state index contributed by atoms with van der Waals surface area (Å²) in [7, 11) is 0. The van der Waals surface area contributed by atoms with Crippen molar-refractivity contribution in [2.45, 2.75) is 31.7 Å². The van der Waals surface area contributed by atoms with Crippen LogP contribution in [0.2, 0.25) is 0 Å². The van der Waals surface area contributed by atoms with E-state index in [-0.39, 0.29) is 11.5 Å². The van der Waals surface area contributed by atoms with Crippen LogP contribution in [0.25, 0.3) is 0 Å². The van der Waals surface area contributed by atoms with E-state index in [0.717, 1.165) is 30.4 Å². The van der Waals surface area contributed by atoms with Gasteiger partial charge in [0.2, 0.25) is 0 Å². The zero-order valence-electron chi connectivity index (χ0n) is 9.25. The smallest absolute Gasteiger partial charge is 0.327 e. The topological polar surface area (TPSA) is 38.3 Å². The van der Waals surface area contributed by atoms with E-state index in [1.54, 1.807) is 0 Å². The summed E-state index contributed by atoms with van der Waals surface area (Å²) < 4.78 is 5.17. The Morgan fingerprint density at radius 3 is 2.93 bits per heavy atom. The Bertz CT molecular complexity index is 235. The molecule has 0 spiro atoms. The van der Waals surface area contributed by atoms with Crippen LogP contribution < -0.4 is 5.32 Å². The summed E-state index contributed by atoms with van der Waals surface area (Å²) in [5, 5.41) is 3.45. The third-order valence-electron chi connectivity index (χ3n) is 3.11. The van der Waals surface area contributed by atoms with Crippen molar-refractivity contribution in [2.24, 2.45) is 5.92 Å². The van der Waals surface area contributed by atoms with Crippen LogP contribution in [0, 0.1) is 5.92 Å². The molecule has 1 unspecified atom stereocenters. The number of carbonyl (C=O) groups excluding carboxylic acids is 1. The number of hydrogen-bond acceptors (Lipinski definition) is 4. The largest absolute Gasteiger partial charge is 0.465 e. The van der Waals surface area contributed by atoms with E-state index in [1.165, 1.54) is 12.8 Å². The summed E-state index contributed by atoms with van der Waals surface area (Å²) in [4.78, 5) is 11.9. The van der Waals surface area contributed by atoms with Crippen LogP contribution in [0.3, 0.4) is 0 Å². The summed E-state index contributed by atoms with van der Waals surface area (Å²) in [6, 6.07) is 0. The predicted octanol–water partition coefficient (Wildman–Crippen LogP) is 1.42. The fourth-order valence-corrected chi connectivity index (χ4v) is 3.22. The summed E-state index contributed by atoms with van der Waals surface area (Å²) in [6.07, 6.45) is 3.56. The van der Waals surface area contributed by atoms with Crippen molar-refractivity contribution >= 4 is 17.7 Å². The molecule has 1 N–H and O–H groups in total. The van der Waals surface area contributed by atoms with Gasteiger partial charge in [-0.15, -0.1) is 0 Å². The van der Waals surface area contributed by atoms with E-state index in [9.17, 15) is 4.79 Å². The number of carbonyl (C=O) groups is 1. The van der Waals surface area contributed by atoms with Gasteiger partial charge in [0.1, 0.15) is 5.54 Å². The number of nitrogens with one attached hydrogen (secondary N) is 1. The van der Waals surface area contributed by atoms with E-state index < -0.39 is 0 Å². The highest BCUT2D eigenvalue weighted by Gasteiger charge is 2.43. The van der Waals surface area contributed by atoms with E-state index in [4.69, 9.17) is 4.74 Å². The van der Waals surface area contributed by atoms with Gasteiger partial charge in [-0.05, 0) is 44.4 Å². The van der Waals surface area contributed by atoms with E-state index in [0.29, 0.717) is 6.61 Å². The van der Waals surface area contributed by atoms with Gasteiger partial charge in [-0.25, -0.2) is 0 Å². The molecule has 86 valence electrons. The zero-order chi connectivity index (χ0) is 10.7. The highest BCUT2D eigenvalue weighted by molar-refractivity contribution is 7.99. The Labute approximate surface area is 95.3 Å². The highest BCUT2D eigenvalue weighted by atomic mass is 32.2. The minimum atomic E-state index is -0.372. The first-order valence-electron chi connectivity index (χ1n) is 5.77. The number of rotatable bonds is 5. The second-order valence-corrected chi connectivity index (χ2v) is 5.53. The van der Waals surface area contributed by atoms with Gasteiger partial charge in [0.05, 0.1) is 6.61 Å². The Kier molecular flexibility index (Phi) is 3.57. The molecule has 0 aromatic rings. The molecule has 1 heterocycles. The van der Waals surface area contributed by atoms with Crippen LogP contribution in [-0.4, -0.2) is 36.2 Å². The molecule has 3 nitrogen and oxygen atoms in total. The third kappa shape index (κ3) is 2.67. The van der Waals surface area contributed by atoms with Crippen LogP contribution in [0.5, 0.6) is 0 Å². The average Bonchev–Trinajstić information content (AvgIpc) is 2.94. The minimum absolute atomic E-state index is 0.0457. The fourth-order valence-electron chi connectivity index (χ4n) is 1.87. The van der Waals surface area contributed by atoms with Crippen molar-refractivity contribution in [3.8, 4) is 0 Å². The van der Waals surface area contributed by atoms with Gasteiger partial charge in [0.15, 0.2) is 0 Å². The molecule has 1 saturated carbocycles. The first-order valence-corrected chi connectivity index (χ1v) is 6.92. The first-order chi connectivity index (χ1) is 7.27. The SMILES string of the molecule is CCOC(=O)C1(NCC2CC2)CCSC1. The summed E-state index contributed by atoms with van der Waals surface area (Å²) in [5.41, 5.74) is -0.372. The lowest BCUT2D eigenvalue weighted by atomic mass is 9.99. The quantitative estimate of drug-likeness (QED) is 0.724. The number of thioether (sulfide) groups is 1. The molecule has 2 aliphatic rings. The molecule has 1 aliphatic heterocycles. The fraction of sp³-hybridized carbons (Fsp3) is 0.909. The van der Waals surface area contributed by atoms with Gasteiger partial charge in [-0.3, -0.25) is 4.79 Å². The molecule has 4 heteroatoms. The second kappa shape index (κ2) is 4.74. The number of ether oxygens (including phenoxy) is 1. The average molecular weight is 229 g/mol. The van der Waals surface area contributed by atoms with Crippen LogP contribution in [0.4, 0.5) is 0 Å². The number of hydrogen-bond donors (Lipinski definition) is 1. The van der Waals surface area contributed by atoms with Gasteiger partial charge < -0.3 is 10.1 Å². The third-order valence-corrected chi connectivity index (χ3v) is 4.30. The first kappa shape index (κ1) is 11.3. The molecule has 0 aromatic carbocycles. The summed E-state index contributed by atoms with van der Waals surface area (Å²) in [5.74, 6) is 2.70. The Morgan fingerprint density at radius 1 is 1.60 bits per heavy atom. The summed E-state index contributed by atoms with van der Waals surface area (Å²) in [6.45, 7) is 3.34. The van der Waals surface area contributed by atoms with Gasteiger partial charge >= 0.3 is 5.97 Å². The van der Waals surface area contributed by atoms with Crippen molar-refractivity contribution in [1.82, 2.24) is 5.32 Å². The Morgan fingerprint density at radius 2 is 2.40 bits per heavy atom. The maximum absolute atomic E-state index is 11.9.